The molecule has 0 aromatic carbocycles. The van der Waals surface area contributed by atoms with Gasteiger partial charge in [-0.3, -0.25) is 9.59 Å². The number of carbonyl (C=O) groups excluding carboxylic acids is 2. The third-order valence-corrected chi connectivity index (χ3v) is 1.95. The van der Waals surface area contributed by atoms with Crippen molar-refractivity contribution in [3.05, 3.63) is 23.7 Å². The van der Waals surface area contributed by atoms with Gasteiger partial charge < -0.3 is 10.2 Å². The van der Waals surface area contributed by atoms with Crippen LogP contribution in [0, 0.1) is 11.8 Å². The summed E-state index contributed by atoms with van der Waals surface area (Å²) in [6, 6.07) is 0. The monoisotopic (exact) mass is 341 g/mol. The van der Waals surface area contributed by atoms with Gasteiger partial charge in [-0.2, -0.15) is 0 Å². The molecule has 123 valence electrons. The first-order valence-electron chi connectivity index (χ1n) is 6.80. The number of rotatable bonds is 6. The summed E-state index contributed by atoms with van der Waals surface area (Å²) >= 11 is 0. The predicted octanol–water partition coefficient (Wildman–Crippen LogP) is 1.73. The number of carbonyl (C=O) groups is 2. The second kappa shape index (κ2) is 13.9. The van der Waals surface area contributed by atoms with Crippen LogP contribution in [-0.4, -0.2) is 11.6 Å². The largest absolute Gasteiger partial charge is 2.00 e. The summed E-state index contributed by atoms with van der Waals surface area (Å²) in [5, 5.41) is 21.6. The van der Waals surface area contributed by atoms with Crippen LogP contribution in [0.4, 0.5) is 0 Å². The first-order chi connectivity index (χ1) is 9.04. The van der Waals surface area contributed by atoms with E-state index in [0.29, 0.717) is 24.7 Å². The maximum absolute atomic E-state index is 10.8. The summed E-state index contributed by atoms with van der Waals surface area (Å²) in [6.45, 7) is 10.6. The van der Waals surface area contributed by atoms with E-state index in [-0.39, 0.29) is 39.9 Å². The average Bonchev–Trinajstić information content (AvgIpc) is 2.11. The fraction of sp³-hybridized carbons (Fsp3) is 0.625. The SMILES string of the molecule is CC(=O)C=C([O-])CC(C)C.CC(=O)C=C([O-])CC(C)C.[Co+2]. The molecular weight excluding hydrogens is 315 g/mol. The fourth-order valence-corrected chi connectivity index (χ4v) is 1.38. The van der Waals surface area contributed by atoms with E-state index in [1.165, 1.54) is 13.8 Å². The Hall–Kier alpha value is -1.07. The van der Waals surface area contributed by atoms with Crippen molar-refractivity contribution >= 4 is 11.6 Å². The molecule has 21 heavy (non-hydrogen) atoms. The standard InChI is InChI=1S/2C8H14O2.Co/c2*1-6(2)4-8(10)5-7(3)9;/h2*5-6,10H,4H2,1-3H3;/q;;+2/p-2. The van der Waals surface area contributed by atoms with Crippen molar-refractivity contribution in [3.8, 4) is 0 Å². The summed E-state index contributed by atoms with van der Waals surface area (Å²) < 4.78 is 0. The van der Waals surface area contributed by atoms with Gasteiger partial charge in [0.2, 0.25) is 0 Å². The third kappa shape index (κ3) is 24.3. The van der Waals surface area contributed by atoms with Crippen LogP contribution in [0.15, 0.2) is 23.7 Å². The van der Waals surface area contributed by atoms with Gasteiger partial charge in [0.25, 0.3) is 0 Å². The predicted molar refractivity (Wildman–Crippen MR) is 76.4 cm³/mol. The van der Waals surface area contributed by atoms with Gasteiger partial charge in [-0.25, -0.2) is 0 Å². The van der Waals surface area contributed by atoms with E-state index in [2.05, 4.69) is 0 Å². The zero-order chi connectivity index (χ0) is 16.3. The summed E-state index contributed by atoms with van der Waals surface area (Å²) in [5.74, 6) is 0.215. The van der Waals surface area contributed by atoms with Gasteiger partial charge in [-0.1, -0.05) is 27.7 Å². The molecule has 1 radical (unpaired) electrons. The Bertz CT molecular complexity index is 332. The smallest absolute Gasteiger partial charge is 0.875 e. The molecule has 0 N–H and O–H groups in total. The van der Waals surface area contributed by atoms with Gasteiger partial charge in [-0.15, -0.1) is 11.5 Å². The summed E-state index contributed by atoms with van der Waals surface area (Å²) in [6.07, 6.45) is 3.25. The maximum atomic E-state index is 10.8. The van der Waals surface area contributed by atoms with Crippen LogP contribution in [0.1, 0.15) is 54.4 Å². The second-order valence-corrected chi connectivity index (χ2v) is 5.64. The zero-order valence-corrected chi connectivity index (χ0v) is 14.7. The van der Waals surface area contributed by atoms with E-state index in [0.717, 1.165) is 12.2 Å². The Balaban J connectivity index is -0.000000295. The van der Waals surface area contributed by atoms with Crippen LogP contribution < -0.4 is 10.2 Å². The van der Waals surface area contributed by atoms with Crippen molar-refractivity contribution in [2.24, 2.45) is 11.8 Å². The molecule has 0 bridgehead atoms. The Morgan fingerprint density at radius 3 is 1.19 bits per heavy atom. The fourth-order valence-electron chi connectivity index (χ4n) is 1.38. The molecule has 0 amide bonds. The normalized spacial score (nSPS) is 11.6. The van der Waals surface area contributed by atoms with E-state index in [9.17, 15) is 19.8 Å². The number of ketones is 2. The first kappa shape index (κ1) is 24.9. The average molecular weight is 341 g/mol. The molecule has 0 saturated heterocycles. The van der Waals surface area contributed by atoms with Gasteiger partial charge >= 0.3 is 16.8 Å². The summed E-state index contributed by atoms with van der Waals surface area (Å²) in [7, 11) is 0. The van der Waals surface area contributed by atoms with Crippen molar-refractivity contribution in [1.82, 2.24) is 0 Å². The van der Waals surface area contributed by atoms with Crippen molar-refractivity contribution in [2.45, 2.75) is 54.4 Å². The van der Waals surface area contributed by atoms with E-state index < -0.39 is 0 Å². The van der Waals surface area contributed by atoms with Crippen LogP contribution in [0.2, 0.25) is 0 Å². The van der Waals surface area contributed by atoms with E-state index in [1.54, 1.807) is 0 Å². The van der Waals surface area contributed by atoms with Crippen molar-refractivity contribution < 1.29 is 36.6 Å². The minimum atomic E-state index is -0.161. The molecular formula is C16H26CoO4. The maximum Gasteiger partial charge on any atom is 2.00 e. The Morgan fingerprint density at radius 2 is 1.05 bits per heavy atom. The van der Waals surface area contributed by atoms with Gasteiger partial charge in [0, 0.05) is 0 Å². The van der Waals surface area contributed by atoms with Crippen LogP contribution in [0.25, 0.3) is 0 Å². The minimum Gasteiger partial charge on any atom is -0.875 e. The topological polar surface area (TPSA) is 80.3 Å². The Morgan fingerprint density at radius 1 is 0.810 bits per heavy atom. The van der Waals surface area contributed by atoms with Gasteiger partial charge in [0.05, 0.1) is 0 Å². The number of allylic oxidation sites excluding steroid dienone is 4. The summed E-state index contributed by atoms with van der Waals surface area (Å²) in [4.78, 5) is 20.7. The minimum absolute atomic E-state index is 0. The molecule has 0 aliphatic rings. The first-order valence-corrected chi connectivity index (χ1v) is 6.80. The molecule has 0 atom stereocenters. The summed E-state index contributed by atoms with van der Waals surface area (Å²) in [5.41, 5.74) is 0. The molecule has 0 aliphatic heterocycles. The Labute approximate surface area is 138 Å². The third-order valence-electron chi connectivity index (χ3n) is 1.95. The van der Waals surface area contributed by atoms with Gasteiger partial charge in [0.1, 0.15) is 0 Å². The molecule has 0 spiro atoms. The van der Waals surface area contributed by atoms with Crippen molar-refractivity contribution in [2.75, 3.05) is 0 Å². The number of hydrogen-bond acceptors (Lipinski definition) is 4. The van der Waals surface area contributed by atoms with Crippen LogP contribution in [0.3, 0.4) is 0 Å². The van der Waals surface area contributed by atoms with E-state index in [1.807, 2.05) is 27.7 Å². The molecule has 0 aliphatic carbocycles. The van der Waals surface area contributed by atoms with Crippen molar-refractivity contribution in [1.29, 1.82) is 0 Å². The van der Waals surface area contributed by atoms with Crippen LogP contribution in [0.5, 0.6) is 0 Å². The zero-order valence-electron chi connectivity index (χ0n) is 13.7. The molecule has 0 rings (SSSR count). The van der Waals surface area contributed by atoms with Crippen LogP contribution >= 0.6 is 0 Å². The molecule has 0 aromatic heterocycles. The molecule has 0 heterocycles. The quantitative estimate of drug-likeness (QED) is 0.544. The Kier molecular flexibility index (Phi) is 16.5. The van der Waals surface area contributed by atoms with E-state index >= 15 is 0 Å². The van der Waals surface area contributed by atoms with Crippen LogP contribution in [-0.2, 0) is 26.4 Å². The number of hydrogen-bond donors (Lipinski definition) is 0. The molecule has 0 saturated carbocycles. The molecule has 0 aromatic rings. The molecule has 0 unspecified atom stereocenters. The van der Waals surface area contributed by atoms with Gasteiger partial charge in [-0.05, 0) is 50.7 Å². The van der Waals surface area contributed by atoms with Crippen molar-refractivity contribution in [3.63, 3.8) is 0 Å². The molecule has 5 heteroatoms. The molecule has 4 nitrogen and oxygen atoms in total. The van der Waals surface area contributed by atoms with Gasteiger partial charge in [0.15, 0.2) is 11.6 Å². The van der Waals surface area contributed by atoms with E-state index in [4.69, 9.17) is 0 Å². The second-order valence-electron chi connectivity index (χ2n) is 5.64. The molecule has 0 fully saturated rings.